The van der Waals surface area contributed by atoms with Crippen molar-refractivity contribution in [2.24, 2.45) is 5.92 Å². The second-order valence-electron chi connectivity index (χ2n) is 6.90. The van der Waals surface area contributed by atoms with Gasteiger partial charge >= 0.3 is 0 Å². The first-order valence-corrected chi connectivity index (χ1v) is 9.26. The molecule has 2 aromatic rings. The molecule has 1 fully saturated rings. The predicted molar refractivity (Wildman–Crippen MR) is 102 cm³/mol. The Morgan fingerprint density at radius 1 is 1.19 bits per heavy atom. The number of hydrogen-bond acceptors (Lipinski definition) is 3. The van der Waals surface area contributed by atoms with Gasteiger partial charge in [0.2, 0.25) is 5.91 Å². The van der Waals surface area contributed by atoms with Crippen LogP contribution in [0.3, 0.4) is 0 Å². The second kappa shape index (κ2) is 8.29. The number of amides is 2. The van der Waals surface area contributed by atoms with Gasteiger partial charge in [0.25, 0.3) is 5.91 Å². The third kappa shape index (κ3) is 4.15. The van der Waals surface area contributed by atoms with Crippen LogP contribution in [0.1, 0.15) is 36.5 Å². The highest BCUT2D eigenvalue weighted by atomic mass is 19.1. The summed E-state index contributed by atoms with van der Waals surface area (Å²) in [5, 5.41) is 2.83. The molecule has 6 heteroatoms. The van der Waals surface area contributed by atoms with E-state index < -0.39 is 5.82 Å². The van der Waals surface area contributed by atoms with Crippen molar-refractivity contribution in [3.05, 3.63) is 54.1 Å². The molecule has 0 aliphatic heterocycles. The van der Waals surface area contributed by atoms with Crippen LogP contribution in [-0.2, 0) is 4.79 Å². The largest absolute Gasteiger partial charge is 0.356 e. The number of benzene rings is 1. The van der Waals surface area contributed by atoms with E-state index in [2.05, 4.69) is 10.3 Å². The lowest BCUT2D eigenvalue weighted by Crippen LogP contribution is -2.37. The molecule has 1 saturated carbocycles. The van der Waals surface area contributed by atoms with Crippen LogP contribution >= 0.6 is 0 Å². The first-order valence-electron chi connectivity index (χ1n) is 9.26. The predicted octanol–water partition coefficient (Wildman–Crippen LogP) is 3.26. The fourth-order valence-electron chi connectivity index (χ4n) is 3.63. The minimum absolute atomic E-state index is 0.0359. The Balaban J connectivity index is 1.71. The smallest absolute Gasteiger partial charge is 0.256 e. The molecule has 1 aromatic carbocycles. The molecule has 1 N–H and O–H groups in total. The molecule has 2 atom stereocenters. The lowest BCUT2D eigenvalue weighted by molar-refractivity contribution is -0.124. The quantitative estimate of drug-likeness (QED) is 0.880. The molecule has 1 heterocycles. The normalized spacial score (nSPS) is 18.9. The van der Waals surface area contributed by atoms with E-state index in [1.165, 1.54) is 12.1 Å². The molecule has 1 aromatic heterocycles. The van der Waals surface area contributed by atoms with Crippen molar-refractivity contribution < 1.29 is 14.0 Å². The van der Waals surface area contributed by atoms with Crippen molar-refractivity contribution in [3.8, 4) is 11.1 Å². The molecule has 0 radical (unpaired) electrons. The Bertz CT molecular complexity index is 825. The average molecular weight is 369 g/mol. The molecule has 0 bridgehead atoms. The van der Waals surface area contributed by atoms with Crippen molar-refractivity contribution in [1.29, 1.82) is 0 Å². The van der Waals surface area contributed by atoms with Crippen LogP contribution in [0.15, 0.2) is 42.7 Å². The van der Waals surface area contributed by atoms with Gasteiger partial charge in [0.15, 0.2) is 0 Å². The first-order chi connectivity index (χ1) is 13.0. The molecule has 0 spiro atoms. The Kier molecular flexibility index (Phi) is 5.84. The summed E-state index contributed by atoms with van der Waals surface area (Å²) in [6.07, 6.45) is 5.40. The summed E-state index contributed by atoms with van der Waals surface area (Å²) in [5.41, 5.74) is 1.60. The molecule has 142 valence electrons. The molecule has 27 heavy (non-hydrogen) atoms. The van der Waals surface area contributed by atoms with Gasteiger partial charge in [-0.3, -0.25) is 14.6 Å². The Labute approximate surface area is 158 Å². The molecule has 5 nitrogen and oxygen atoms in total. The number of pyridine rings is 1. The minimum atomic E-state index is -0.542. The number of aromatic nitrogens is 1. The molecule has 0 saturated heterocycles. The van der Waals surface area contributed by atoms with E-state index in [1.54, 1.807) is 42.5 Å². The van der Waals surface area contributed by atoms with E-state index in [1.807, 2.05) is 6.92 Å². The molecule has 0 unspecified atom stereocenters. The summed E-state index contributed by atoms with van der Waals surface area (Å²) in [6, 6.07) is 8.18. The molecule has 1 aliphatic carbocycles. The standard InChI is InChI=1S/C21H24FN3O2/c1-3-24-20(26)16-4-6-17(12-16)25(2)21(27)18-7-5-15(13-19(18)22)14-8-10-23-11-9-14/h5,7-11,13,16-17H,3-4,6,12H2,1-2H3,(H,24,26)/t16-,17+/m0/s1. The van der Waals surface area contributed by atoms with E-state index in [9.17, 15) is 14.0 Å². The van der Waals surface area contributed by atoms with Crippen molar-refractivity contribution in [2.75, 3.05) is 13.6 Å². The zero-order chi connectivity index (χ0) is 19.4. The summed E-state index contributed by atoms with van der Waals surface area (Å²) in [5.74, 6) is -0.937. The number of carbonyl (C=O) groups is 2. The van der Waals surface area contributed by atoms with E-state index >= 15 is 0 Å². The number of halogens is 1. The lowest BCUT2D eigenvalue weighted by atomic mass is 10.0. The topological polar surface area (TPSA) is 62.3 Å². The highest BCUT2D eigenvalue weighted by Gasteiger charge is 2.34. The minimum Gasteiger partial charge on any atom is -0.356 e. The van der Waals surface area contributed by atoms with Gasteiger partial charge in [-0.05, 0) is 61.6 Å². The lowest BCUT2D eigenvalue weighted by Gasteiger charge is -2.25. The van der Waals surface area contributed by atoms with Crippen LogP contribution < -0.4 is 5.32 Å². The van der Waals surface area contributed by atoms with Gasteiger partial charge in [-0.15, -0.1) is 0 Å². The molecular formula is C21H24FN3O2. The average Bonchev–Trinajstić information content (AvgIpc) is 3.18. The van der Waals surface area contributed by atoms with Crippen molar-refractivity contribution in [2.45, 2.75) is 32.2 Å². The number of nitrogens with one attached hydrogen (secondary N) is 1. The fraction of sp³-hybridized carbons (Fsp3) is 0.381. The van der Waals surface area contributed by atoms with Gasteiger partial charge in [0.05, 0.1) is 5.56 Å². The summed E-state index contributed by atoms with van der Waals surface area (Å²) in [6.45, 7) is 2.49. The monoisotopic (exact) mass is 369 g/mol. The van der Waals surface area contributed by atoms with Crippen molar-refractivity contribution in [1.82, 2.24) is 15.2 Å². The van der Waals surface area contributed by atoms with Crippen LogP contribution in [0.4, 0.5) is 4.39 Å². The van der Waals surface area contributed by atoms with Gasteiger partial charge in [-0.1, -0.05) is 6.07 Å². The maximum Gasteiger partial charge on any atom is 0.256 e. The summed E-state index contributed by atoms with van der Waals surface area (Å²) in [4.78, 5) is 30.3. The van der Waals surface area contributed by atoms with Crippen LogP contribution in [0.25, 0.3) is 11.1 Å². The van der Waals surface area contributed by atoms with Crippen LogP contribution in [0, 0.1) is 11.7 Å². The maximum atomic E-state index is 14.6. The van der Waals surface area contributed by atoms with Crippen LogP contribution in [0.2, 0.25) is 0 Å². The molecule has 3 rings (SSSR count). The molecular weight excluding hydrogens is 345 g/mol. The zero-order valence-electron chi connectivity index (χ0n) is 15.6. The van der Waals surface area contributed by atoms with Gasteiger partial charge < -0.3 is 10.2 Å². The van der Waals surface area contributed by atoms with E-state index in [0.717, 1.165) is 18.4 Å². The summed E-state index contributed by atoms with van der Waals surface area (Å²) < 4.78 is 14.6. The van der Waals surface area contributed by atoms with Crippen LogP contribution in [-0.4, -0.2) is 41.3 Å². The first kappa shape index (κ1) is 19.0. The summed E-state index contributed by atoms with van der Waals surface area (Å²) >= 11 is 0. The van der Waals surface area contributed by atoms with Gasteiger partial charge in [-0.2, -0.15) is 0 Å². The van der Waals surface area contributed by atoms with Gasteiger partial charge in [-0.25, -0.2) is 4.39 Å². The number of carbonyl (C=O) groups excluding carboxylic acids is 2. The van der Waals surface area contributed by atoms with Crippen molar-refractivity contribution >= 4 is 11.8 Å². The van der Waals surface area contributed by atoms with E-state index in [-0.39, 0.29) is 29.3 Å². The Hall–Kier alpha value is -2.76. The highest BCUT2D eigenvalue weighted by Crippen LogP contribution is 2.30. The van der Waals surface area contributed by atoms with Crippen LogP contribution in [0.5, 0.6) is 0 Å². The van der Waals surface area contributed by atoms with E-state index in [4.69, 9.17) is 0 Å². The van der Waals surface area contributed by atoms with Gasteiger partial charge in [0, 0.05) is 37.9 Å². The highest BCUT2D eigenvalue weighted by molar-refractivity contribution is 5.95. The summed E-state index contributed by atoms with van der Waals surface area (Å²) in [7, 11) is 1.68. The van der Waals surface area contributed by atoms with E-state index in [0.29, 0.717) is 18.5 Å². The number of nitrogens with zero attached hydrogens (tertiary/aromatic N) is 2. The van der Waals surface area contributed by atoms with Gasteiger partial charge in [0.1, 0.15) is 5.82 Å². The third-order valence-corrected chi connectivity index (χ3v) is 5.21. The Morgan fingerprint density at radius 2 is 1.93 bits per heavy atom. The zero-order valence-corrected chi connectivity index (χ0v) is 15.6. The number of hydrogen-bond donors (Lipinski definition) is 1. The van der Waals surface area contributed by atoms with Crippen molar-refractivity contribution in [3.63, 3.8) is 0 Å². The SMILES string of the molecule is CCNC(=O)[C@H]1CC[C@@H](N(C)C(=O)c2ccc(-c3ccncc3)cc2F)C1. The molecule has 1 aliphatic rings. The number of rotatable bonds is 5. The fourth-order valence-corrected chi connectivity index (χ4v) is 3.63. The second-order valence-corrected chi connectivity index (χ2v) is 6.90. The maximum absolute atomic E-state index is 14.6. The Morgan fingerprint density at radius 3 is 2.59 bits per heavy atom. The molecule has 2 amide bonds. The third-order valence-electron chi connectivity index (χ3n) is 5.21.